The predicted molar refractivity (Wildman–Crippen MR) is 226 cm³/mol. The smallest absolute Gasteiger partial charge is 0.298 e. The highest BCUT2D eigenvalue weighted by atomic mass is 32.2. The number of aromatic nitrogens is 4. The van der Waals surface area contributed by atoms with Gasteiger partial charge in [0.15, 0.2) is 0 Å². The minimum atomic E-state index is -5.57. The Hall–Kier alpha value is -5.71. The van der Waals surface area contributed by atoms with Crippen molar-refractivity contribution >= 4 is 128 Å². The van der Waals surface area contributed by atoms with Crippen molar-refractivity contribution in [2.45, 2.75) is 43.2 Å². The van der Waals surface area contributed by atoms with Crippen molar-refractivity contribution in [3.8, 4) is 0 Å². The van der Waals surface area contributed by atoms with Gasteiger partial charge in [0.05, 0.1) is 28.6 Å². The van der Waals surface area contributed by atoms with E-state index in [2.05, 4.69) is 30.2 Å². The number of nitrogens with zero attached hydrogens (tertiary/aromatic N) is 6. The second-order valence-electron chi connectivity index (χ2n) is 13.0. The fraction of sp³-hybridized carbons (Fsp3) is 0.121. The molecule has 31 heteroatoms. The van der Waals surface area contributed by atoms with E-state index >= 15 is 0 Å². The van der Waals surface area contributed by atoms with E-state index in [9.17, 15) is 77.8 Å². The molecule has 10 rings (SSSR count). The quantitative estimate of drug-likeness (QED) is 0.104. The van der Waals surface area contributed by atoms with E-state index in [0.717, 1.165) is 36.4 Å². The Morgan fingerprint density at radius 3 is 1.45 bits per heavy atom. The summed E-state index contributed by atoms with van der Waals surface area (Å²) in [4.78, 5) is 14.2. The number of nitrogens with one attached hydrogen (secondary N) is 1. The van der Waals surface area contributed by atoms with Gasteiger partial charge in [0.25, 0.3) is 66.7 Å². The number of rotatable bonds is 9. The number of hydrogen-bond acceptors (Lipinski definition) is 19. The maximum absolute atomic E-state index is 13.3. The van der Waals surface area contributed by atoms with Crippen molar-refractivity contribution < 1.29 is 77.8 Å². The van der Waals surface area contributed by atoms with Crippen molar-refractivity contribution in [1.29, 1.82) is 0 Å². The number of benzene rings is 4. The van der Waals surface area contributed by atoms with Gasteiger partial charge < -0.3 is 10.2 Å². The van der Waals surface area contributed by atoms with E-state index < -0.39 is 151 Å². The van der Waals surface area contributed by atoms with Crippen LogP contribution >= 0.6 is 0 Å². The van der Waals surface area contributed by atoms with E-state index in [0.29, 0.717) is 36.7 Å². The monoisotopic (exact) mass is 1000 g/mol. The lowest BCUT2D eigenvalue weighted by molar-refractivity contribution is 0.479. The third kappa shape index (κ3) is 9.98. The highest BCUT2D eigenvalue weighted by Gasteiger charge is 2.30. The first-order chi connectivity index (χ1) is 29.4. The molecule has 25 nitrogen and oxygen atoms in total. The first-order valence-corrected chi connectivity index (χ1v) is 25.9. The predicted octanol–water partition coefficient (Wildman–Crippen LogP) is 3.10. The molecule has 9 aromatic rings. The molecule has 0 radical (unpaired) electrons. The standard InChI is InChI=1S/C33H29N7O18S6/c1-3-40(4-2)23-15-28(63(53,54)55)29-30(31(23)64(56,57)58)37-20-10-8-18(25(12-20)60(44,45)46)6-5-17-7-9-19(11-24(17)59(41,42)43)36-22-14-26(61(47,48)49)21(13-27(22)62(50,51)52)32-34-16-35-33(38-29)39-32/h5-16H,3-4H2,1-2H3,(H,41,42,43)(H,44,45,46)(H,47,48,49)(H,50,51,52)(H,53,54,55)(H,56,57,58)(H,34,35,38,39). The summed E-state index contributed by atoms with van der Waals surface area (Å²) < 4.78 is 217. The van der Waals surface area contributed by atoms with Gasteiger partial charge in [0, 0.05) is 18.5 Å². The molecule has 0 aliphatic carbocycles. The lowest BCUT2D eigenvalue weighted by Gasteiger charge is -2.24. The molecule has 5 aromatic heterocycles. The maximum atomic E-state index is 13.3. The van der Waals surface area contributed by atoms with E-state index in [1.807, 2.05) is 0 Å². The Morgan fingerprint density at radius 2 is 0.984 bits per heavy atom. The number of aliphatic imine (C=N–C) groups is 1. The van der Waals surface area contributed by atoms with Crippen molar-refractivity contribution in [2.24, 2.45) is 4.99 Å². The van der Waals surface area contributed by atoms with E-state index in [1.165, 1.54) is 18.7 Å². The van der Waals surface area contributed by atoms with Crippen LogP contribution in [0.15, 0.2) is 101 Å². The molecule has 64 heavy (non-hydrogen) atoms. The Bertz CT molecular complexity index is 3790. The summed E-state index contributed by atoms with van der Waals surface area (Å²) in [6.45, 7) is 2.82. The second kappa shape index (κ2) is 16.7. The molecule has 340 valence electrons. The summed E-state index contributed by atoms with van der Waals surface area (Å²) >= 11 is 0. The minimum absolute atomic E-state index is 0.0788. The first kappa shape index (κ1) is 47.8. The van der Waals surface area contributed by atoms with Crippen LogP contribution < -0.4 is 10.2 Å². The van der Waals surface area contributed by atoms with Crippen LogP contribution in [0.25, 0.3) is 43.7 Å². The minimum Gasteiger partial charge on any atom is -0.371 e. The van der Waals surface area contributed by atoms with Gasteiger partial charge in [-0.15, -0.1) is 0 Å². The fourth-order valence-electron chi connectivity index (χ4n) is 6.27. The van der Waals surface area contributed by atoms with Gasteiger partial charge >= 0.3 is 0 Å². The van der Waals surface area contributed by atoms with Gasteiger partial charge in [0.2, 0.25) is 0 Å². The summed E-state index contributed by atoms with van der Waals surface area (Å²) in [5.74, 6) is -1.77. The van der Waals surface area contributed by atoms with E-state index in [1.54, 1.807) is 0 Å². The van der Waals surface area contributed by atoms with Crippen LogP contribution in [0.4, 0.5) is 17.5 Å². The molecule has 0 unspecified atom stereocenters. The normalized spacial score (nSPS) is 13.3. The molecule has 1 aliphatic heterocycles. The molecule has 6 heterocycles. The van der Waals surface area contributed by atoms with Crippen LogP contribution in [-0.4, -0.2) is 117 Å². The lowest BCUT2D eigenvalue weighted by atomic mass is 10.2. The van der Waals surface area contributed by atoms with Crippen LogP contribution in [0.3, 0.4) is 0 Å². The molecule has 8 bridgehead atoms. The molecule has 0 spiro atoms. The lowest BCUT2D eigenvalue weighted by Crippen LogP contribution is -2.25. The molecule has 0 saturated carbocycles. The molecular formula is C33H29N7O18S6. The average molecular weight is 1000 g/mol. The zero-order valence-corrected chi connectivity index (χ0v) is 37.0. The largest absolute Gasteiger partial charge is 0.371 e. The molecule has 0 amide bonds. The summed E-state index contributed by atoms with van der Waals surface area (Å²) in [6, 6.07) is 8.46. The molecule has 0 saturated heterocycles. The molecule has 1 aliphatic rings. The summed E-state index contributed by atoms with van der Waals surface area (Å²) in [5.41, 5.74) is -5.01. The Kier molecular flexibility index (Phi) is 12.5. The maximum Gasteiger partial charge on any atom is 0.298 e. The Balaban J connectivity index is 2.06. The Labute approximate surface area is 362 Å². The van der Waals surface area contributed by atoms with Crippen LogP contribution in [-0.2, 0) is 60.7 Å². The van der Waals surface area contributed by atoms with Gasteiger partial charge in [-0.25, -0.2) is 19.9 Å². The van der Waals surface area contributed by atoms with Crippen molar-refractivity contribution in [1.82, 2.24) is 19.9 Å². The molecular weight excluding hydrogens is 975 g/mol. The van der Waals surface area contributed by atoms with Crippen LogP contribution in [0.1, 0.15) is 13.8 Å². The van der Waals surface area contributed by atoms with Crippen LogP contribution in [0.5, 0.6) is 0 Å². The van der Waals surface area contributed by atoms with Gasteiger partial charge in [-0.1, -0.05) is 24.3 Å². The SMILES string of the molecule is CCN(CC)c1cc(S(=O)(=O)O)c2nc3nc(c4cc(S(=O)(=O)O)c(cc4S(=O)(=O)O)nc4ccc(ccc5ccc(cc5S(=O)(=O)O)nc2c1S(=O)(=O)O)c(S(=O)(=O)O)c4)NC=N3. The Morgan fingerprint density at radius 1 is 0.500 bits per heavy atom. The van der Waals surface area contributed by atoms with Crippen molar-refractivity contribution in [3.05, 3.63) is 66.7 Å². The van der Waals surface area contributed by atoms with Crippen LogP contribution in [0.2, 0.25) is 0 Å². The third-order valence-electron chi connectivity index (χ3n) is 8.97. The zero-order chi connectivity index (χ0) is 47.5. The van der Waals surface area contributed by atoms with Gasteiger partial charge in [0.1, 0.15) is 46.2 Å². The number of fused-ring (bicyclic) bond motifs is 1. The zero-order valence-electron chi connectivity index (χ0n) is 32.1. The average Bonchev–Trinajstić information content (AvgIpc) is 3.16. The summed E-state index contributed by atoms with van der Waals surface area (Å²) in [7, 11) is -32.6. The van der Waals surface area contributed by atoms with Gasteiger partial charge in [-0.3, -0.25) is 27.3 Å². The van der Waals surface area contributed by atoms with Crippen molar-refractivity contribution in [3.63, 3.8) is 0 Å². The first-order valence-electron chi connectivity index (χ1n) is 17.3. The number of hydrogen-bond donors (Lipinski definition) is 7. The molecule has 7 N–H and O–H groups in total. The van der Waals surface area contributed by atoms with Crippen LogP contribution in [0, 0.1) is 0 Å². The third-order valence-corrected chi connectivity index (χ3v) is 14.4. The molecule has 0 atom stereocenters. The summed E-state index contributed by atoms with van der Waals surface area (Å²) in [5, 5.41) is 0.607. The van der Waals surface area contributed by atoms with Crippen molar-refractivity contribution in [2.75, 3.05) is 23.3 Å². The van der Waals surface area contributed by atoms with Gasteiger partial charge in [-0.05, 0) is 67.1 Å². The molecule has 0 fully saturated rings. The van der Waals surface area contributed by atoms with E-state index in [-0.39, 0.29) is 13.1 Å². The summed E-state index contributed by atoms with van der Waals surface area (Å²) in [6.07, 6.45) is 0.694. The fourth-order valence-corrected chi connectivity index (χ4v) is 10.5. The molecule has 4 aromatic carbocycles. The topological polar surface area (TPSA) is 405 Å². The number of anilines is 2. The second-order valence-corrected chi connectivity index (χ2v) is 21.3. The highest BCUT2D eigenvalue weighted by molar-refractivity contribution is 7.87. The van der Waals surface area contributed by atoms with Gasteiger partial charge in [-0.2, -0.15) is 55.5 Å². The highest BCUT2D eigenvalue weighted by Crippen LogP contribution is 2.37. The van der Waals surface area contributed by atoms with E-state index in [4.69, 9.17) is 0 Å².